The van der Waals surface area contributed by atoms with Crippen LogP contribution in [-0.2, 0) is 33.3 Å². The SMILES string of the molecule is COc1ccc(C(C)(C)c2cnc(SCCOCc3ccc(CNS(C)(=O)=O)cc3)n2-c2ccc(F)cc2)cc1OC. The van der Waals surface area contributed by atoms with Crippen LogP contribution in [0.25, 0.3) is 5.69 Å². The number of imidazole rings is 1. The second-order valence-corrected chi connectivity index (χ2v) is 13.1. The molecule has 0 aliphatic rings. The Bertz CT molecular complexity index is 1590. The number of benzene rings is 3. The van der Waals surface area contributed by atoms with Gasteiger partial charge in [0.1, 0.15) is 5.82 Å². The van der Waals surface area contributed by atoms with E-state index in [0.717, 1.165) is 39.5 Å². The normalized spacial score (nSPS) is 12.0. The van der Waals surface area contributed by atoms with Crippen LogP contribution in [0.2, 0.25) is 0 Å². The Labute approximate surface area is 251 Å². The molecule has 0 atom stereocenters. The quantitative estimate of drug-likeness (QED) is 0.144. The number of ether oxygens (including phenoxy) is 3. The molecule has 0 radical (unpaired) electrons. The number of methoxy groups -OCH3 is 2. The van der Waals surface area contributed by atoms with Crippen molar-refractivity contribution >= 4 is 21.8 Å². The number of nitrogens with zero attached hydrogens (tertiary/aromatic N) is 2. The van der Waals surface area contributed by atoms with E-state index in [4.69, 9.17) is 19.2 Å². The van der Waals surface area contributed by atoms with E-state index in [1.807, 2.05) is 48.7 Å². The van der Waals surface area contributed by atoms with Crippen molar-refractivity contribution in [1.82, 2.24) is 14.3 Å². The summed E-state index contributed by atoms with van der Waals surface area (Å²) >= 11 is 1.56. The Kier molecular flexibility index (Phi) is 10.3. The lowest BCUT2D eigenvalue weighted by molar-refractivity contribution is 0.136. The van der Waals surface area contributed by atoms with Gasteiger partial charge < -0.3 is 14.2 Å². The van der Waals surface area contributed by atoms with Gasteiger partial charge in [-0.1, -0.05) is 55.9 Å². The minimum absolute atomic E-state index is 0.252. The van der Waals surface area contributed by atoms with Crippen molar-refractivity contribution in [3.05, 3.63) is 101 Å². The smallest absolute Gasteiger partial charge is 0.209 e. The first-order valence-electron chi connectivity index (χ1n) is 13.3. The van der Waals surface area contributed by atoms with Crippen LogP contribution in [0.5, 0.6) is 11.5 Å². The number of thioether (sulfide) groups is 1. The molecule has 42 heavy (non-hydrogen) atoms. The van der Waals surface area contributed by atoms with Crippen LogP contribution in [0.4, 0.5) is 4.39 Å². The first kappa shape index (κ1) is 31.6. The fraction of sp³-hybridized carbons (Fsp3) is 0.323. The third kappa shape index (κ3) is 7.91. The molecule has 0 saturated heterocycles. The van der Waals surface area contributed by atoms with Gasteiger partial charge in [0.25, 0.3) is 0 Å². The zero-order chi connectivity index (χ0) is 30.3. The van der Waals surface area contributed by atoms with Crippen LogP contribution in [0, 0.1) is 5.82 Å². The van der Waals surface area contributed by atoms with Crippen LogP contribution in [0.1, 0.15) is 36.2 Å². The van der Waals surface area contributed by atoms with Gasteiger partial charge in [0.05, 0.1) is 45.6 Å². The minimum Gasteiger partial charge on any atom is -0.493 e. The largest absolute Gasteiger partial charge is 0.493 e. The first-order chi connectivity index (χ1) is 20.0. The van der Waals surface area contributed by atoms with Crippen molar-refractivity contribution < 1.29 is 27.0 Å². The highest BCUT2D eigenvalue weighted by atomic mass is 32.2. The zero-order valence-corrected chi connectivity index (χ0v) is 26.0. The molecule has 0 saturated carbocycles. The number of rotatable bonds is 14. The Balaban J connectivity index is 1.47. The van der Waals surface area contributed by atoms with E-state index in [1.54, 1.807) is 38.1 Å². The molecule has 11 heteroatoms. The number of hydrogen-bond acceptors (Lipinski definition) is 7. The number of hydrogen-bond donors (Lipinski definition) is 1. The third-order valence-corrected chi connectivity index (χ3v) is 8.43. The number of nitrogens with one attached hydrogen (secondary N) is 1. The van der Waals surface area contributed by atoms with E-state index in [2.05, 4.69) is 23.1 Å². The lowest BCUT2D eigenvalue weighted by Crippen LogP contribution is -2.23. The van der Waals surface area contributed by atoms with Gasteiger partial charge in [-0.25, -0.2) is 22.5 Å². The molecule has 0 spiro atoms. The van der Waals surface area contributed by atoms with Gasteiger partial charge in [-0.2, -0.15) is 0 Å². The molecule has 0 fully saturated rings. The summed E-state index contributed by atoms with van der Waals surface area (Å²) in [7, 11) is -0.0129. The first-order valence-corrected chi connectivity index (χ1v) is 16.2. The summed E-state index contributed by atoms with van der Waals surface area (Å²) in [6.45, 7) is 5.41. The second kappa shape index (κ2) is 13.7. The Morgan fingerprint density at radius 1 is 0.952 bits per heavy atom. The van der Waals surface area contributed by atoms with Crippen LogP contribution in [0.3, 0.4) is 0 Å². The summed E-state index contributed by atoms with van der Waals surface area (Å²) in [5.74, 6) is 1.65. The van der Waals surface area contributed by atoms with Gasteiger partial charge in [0.15, 0.2) is 16.7 Å². The van der Waals surface area contributed by atoms with Crippen molar-refractivity contribution in [2.45, 2.75) is 37.6 Å². The van der Waals surface area contributed by atoms with E-state index in [1.165, 1.54) is 12.1 Å². The fourth-order valence-electron chi connectivity index (χ4n) is 4.44. The maximum absolute atomic E-state index is 13.8. The van der Waals surface area contributed by atoms with Crippen molar-refractivity contribution in [1.29, 1.82) is 0 Å². The number of aromatic nitrogens is 2. The average Bonchev–Trinajstić information content (AvgIpc) is 3.41. The Hall–Kier alpha value is -3.38. The van der Waals surface area contributed by atoms with Crippen molar-refractivity contribution in [3.8, 4) is 17.2 Å². The van der Waals surface area contributed by atoms with Crippen molar-refractivity contribution in [3.63, 3.8) is 0 Å². The van der Waals surface area contributed by atoms with E-state index in [9.17, 15) is 12.8 Å². The summed E-state index contributed by atoms with van der Waals surface area (Å²) in [6, 6.07) is 19.9. The maximum atomic E-state index is 13.8. The lowest BCUT2D eigenvalue weighted by Gasteiger charge is -2.28. The summed E-state index contributed by atoms with van der Waals surface area (Å²) < 4.78 is 57.8. The fourth-order valence-corrected chi connectivity index (χ4v) is 5.71. The molecule has 4 aromatic rings. The Morgan fingerprint density at radius 3 is 2.26 bits per heavy atom. The molecule has 0 aliphatic heterocycles. The molecule has 0 unspecified atom stereocenters. The van der Waals surface area contributed by atoms with Gasteiger partial charge in [0, 0.05) is 23.4 Å². The zero-order valence-electron chi connectivity index (χ0n) is 24.4. The average molecular weight is 614 g/mol. The number of halogens is 1. The summed E-state index contributed by atoms with van der Waals surface area (Å²) in [5.41, 5.74) is 4.16. The van der Waals surface area contributed by atoms with Crippen LogP contribution >= 0.6 is 11.8 Å². The maximum Gasteiger partial charge on any atom is 0.209 e. The predicted octanol–water partition coefficient (Wildman–Crippen LogP) is 5.71. The number of sulfonamides is 1. The van der Waals surface area contributed by atoms with E-state index in [0.29, 0.717) is 30.5 Å². The predicted molar refractivity (Wildman–Crippen MR) is 164 cm³/mol. The molecule has 8 nitrogen and oxygen atoms in total. The second-order valence-electron chi connectivity index (χ2n) is 10.2. The molecule has 224 valence electrons. The molecule has 0 amide bonds. The standard InChI is InChI=1S/C31H36FN3O5S2/c1-31(2,24-10-15-27(38-3)28(18-24)39-4)29-20-33-30(35(29)26-13-11-25(32)12-14-26)41-17-16-40-21-23-8-6-22(7-9-23)19-34-42(5,36)37/h6-15,18,20,34H,16-17,19,21H2,1-5H3. The third-order valence-electron chi connectivity index (χ3n) is 6.85. The minimum atomic E-state index is -3.24. The topological polar surface area (TPSA) is 91.7 Å². The van der Waals surface area contributed by atoms with Gasteiger partial charge in [-0.05, 0) is 53.1 Å². The summed E-state index contributed by atoms with van der Waals surface area (Å²) in [6.07, 6.45) is 3.00. The highest BCUT2D eigenvalue weighted by molar-refractivity contribution is 7.99. The highest BCUT2D eigenvalue weighted by Gasteiger charge is 2.30. The molecular formula is C31H36FN3O5S2. The molecule has 3 aromatic carbocycles. The van der Waals surface area contributed by atoms with Crippen LogP contribution < -0.4 is 14.2 Å². The van der Waals surface area contributed by atoms with Gasteiger partial charge in [0.2, 0.25) is 10.0 Å². The van der Waals surface area contributed by atoms with Gasteiger partial charge >= 0.3 is 0 Å². The molecule has 1 N–H and O–H groups in total. The Morgan fingerprint density at radius 2 is 1.62 bits per heavy atom. The van der Waals surface area contributed by atoms with Gasteiger partial charge in [-0.3, -0.25) is 4.57 Å². The van der Waals surface area contributed by atoms with Gasteiger partial charge in [-0.15, -0.1) is 0 Å². The lowest BCUT2D eigenvalue weighted by atomic mass is 9.81. The molecule has 0 aliphatic carbocycles. The van der Waals surface area contributed by atoms with Crippen LogP contribution in [-0.4, -0.2) is 50.8 Å². The van der Waals surface area contributed by atoms with Crippen molar-refractivity contribution in [2.24, 2.45) is 0 Å². The van der Waals surface area contributed by atoms with Crippen molar-refractivity contribution in [2.75, 3.05) is 32.8 Å². The van der Waals surface area contributed by atoms with E-state index in [-0.39, 0.29) is 12.4 Å². The molecule has 1 aromatic heterocycles. The molecule has 0 bridgehead atoms. The summed E-state index contributed by atoms with van der Waals surface area (Å²) in [4.78, 5) is 4.76. The van der Waals surface area contributed by atoms with E-state index < -0.39 is 15.4 Å². The molecule has 1 heterocycles. The molecular weight excluding hydrogens is 577 g/mol. The van der Waals surface area contributed by atoms with Crippen LogP contribution in [0.15, 0.2) is 78.1 Å². The highest BCUT2D eigenvalue weighted by Crippen LogP contribution is 2.39. The van der Waals surface area contributed by atoms with E-state index >= 15 is 0 Å². The summed E-state index contributed by atoms with van der Waals surface area (Å²) in [5, 5.41) is 0.775. The monoisotopic (exact) mass is 613 g/mol. The molecule has 4 rings (SSSR count).